The van der Waals surface area contributed by atoms with Gasteiger partial charge in [0.05, 0.1) is 10.6 Å². The monoisotopic (exact) mass is 571 g/mol. The maximum atomic E-state index is 14.0. The molecular formula is C30H35F2N3O4S. The number of halogens is 2. The smallest absolute Gasteiger partial charge is 0.264 e. The Bertz CT molecular complexity index is 1400. The van der Waals surface area contributed by atoms with Crippen molar-refractivity contribution in [3.63, 3.8) is 0 Å². The van der Waals surface area contributed by atoms with E-state index in [1.165, 1.54) is 29.2 Å². The first-order chi connectivity index (χ1) is 19.0. The highest BCUT2D eigenvalue weighted by atomic mass is 32.2. The molecule has 0 bridgehead atoms. The second kappa shape index (κ2) is 13.5. The van der Waals surface area contributed by atoms with Crippen molar-refractivity contribution in [1.82, 2.24) is 10.2 Å². The number of benzene rings is 3. The van der Waals surface area contributed by atoms with E-state index in [4.69, 9.17) is 0 Å². The summed E-state index contributed by atoms with van der Waals surface area (Å²) in [5.74, 6) is -2.03. The lowest BCUT2D eigenvalue weighted by Crippen LogP contribution is -2.53. The predicted octanol–water partition coefficient (Wildman–Crippen LogP) is 5.19. The minimum Gasteiger partial charge on any atom is -0.352 e. The third-order valence-electron chi connectivity index (χ3n) is 6.66. The molecule has 0 aliphatic rings. The number of hydrogen-bond acceptors (Lipinski definition) is 4. The van der Waals surface area contributed by atoms with Gasteiger partial charge in [0.2, 0.25) is 11.8 Å². The van der Waals surface area contributed by atoms with Gasteiger partial charge < -0.3 is 10.2 Å². The van der Waals surface area contributed by atoms with Crippen LogP contribution in [0, 0.1) is 18.6 Å². The summed E-state index contributed by atoms with van der Waals surface area (Å²) in [7, 11) is -4.30. The third kappa shape index (κ3) is 7.65. The Morgan fingerprint density at radius 3 is 1.93 bits per heavy atom. The van der Waals surface area contributed by atoms with E-state index in [0.717, 1.165) is 34.1 Å². The number of amides is 2. The van der Waals surface area contributed by atoms with Gasteiger partial charge in [-0.1, -0.05) is 43.7 Å². The molecule has 10 heteroatoms. The van der Waals surface area contributed by atoms with Crippen LogP contribution >= 0.6 is 0 Å². The van der Waals surface area contributed by atoms with Crippen LogP contribution in [0.2, 0.25) is 0 Å². The first-order valence-electron chi connectivity index (χ1n) is 13.2. The summed E-state index contributed by atoms with van der Waals surface area (Å²) in [4.78, 5) is 28.3. The summed E-state index contributed by atoms with van der Waals surface area (Å²) in [6.07, 6.45) is 0.954. The van der Waals surface area contributed by atoms with Crippen molar-refractivity contribution in [2.24, 2.45) is 0 Å². The number of aryl methyl sites for hydroxylation is 1. The largest absolute Gasteiger partial charge is 0.352 e. The minimum absolute atomic E-state index is 0.0378. The molecule has 0 spiro atoms. The Hall–Kier alpha value is -3.79. The molecular weight excluding hydrogens is 536 g/mol. The van der Waals surface area contributed by atoms with Gasteiger partial charge in [0, 0.05) is 12.6 Å². The molecule has 0 aromatic heterocycles. The van der Waals surface area contributed by atoms with Crippen molar-refractivity contribution in [1.29, 1.82) is 0 Å². The SMILES string of the molecule is CC[C@@H](C)NC(=O)[C@H](CC)N(Cc1ccc(F)cc1)C(=O)CN(c1ccc(C)cc1)S(=O)(=O)c1ccc(F)cc1. The molecule has 2 atom stereocenters. The summed E-state index contributed by atoms with van der Waals surface area (Å²) in [6, 6.07) is 15.5. The first-order valence-corrected chi connectivity index (χ1v) is 14.6. The van der Waals surface area contributed by atoms with Gasteiger partial charge in [-0.3, -0.25) is 13.9 Å². The maximum Gasteiger partial charge on any atom is 0.264 e. The molecule has 2 amide bonds. The summed E-state index contributed by atoms with van der Waals surface area (Å²) in [5, 5.41) is 2.90. The molecule has 0 saturated carbocycles. The molecule has 40 heavy (non-hydrogen) atoms. The van der Waals surface area contributed by atoms with Gasteiger partial charge in [0.1, 0.15) is 24.2 Å². The Morgan fingerprint density at radius 2 is 1.40 bits per heavy atom. The van der Waals surface area contributed by atoms with Crippen molar-refractivity contribution >= 4 is 27.5 Å². The average molecular weight is 572 g/mol. The van der Waals surface area contributed by atoms with Gasteiger partial charge in [-0.05, 0) is 80.8 Å². The zero-order chi connectivity index (χ0) is 29.4. The van der Waals surface area contributed by atoms with Crippen LogP contribution in [0.3, 0.4) is 0 Å². The van der Waals surface area contributed by atoms with Gasteiger partial charge in [-0.15, -0.1) is 0 Å². The third-order valence-corrected chi connectivity index (χ3v) is 8.44. The number of anilines is 1. The van der Waals surface area contributed by atoms with E-state index in [9.17, 15) is 26.8 Å². The number of hydrogen-bond donors (Lipinski definition) is 1. The van der Waals surface area contributed by atoms with Gasteiger partial charge in [0.25, 0.3) is 10.0 Å². The van der Waals surface area contributed by atoms with Crippen LogP contribution in [0.4, 0.5) is 14.5 Å². The lowest BCUT2D eigenvalue weighted by atomic mass is 10.1. The average Bonchev–Trinajstić information content (AvgIpc) is 2.93. The number of nitrogens with one attached hydrogen (secondary N) is 1. The van der Waals surface area contributed by atoms with Crippen LogP contribution in [0.1, 0.15) is 44.7 Å². The van der Waals surface area contributed by atoms with Crippen molar-refractivity contribution in [3.05, 3.63) is 95.6 Å². The van der Waals surface area contributed by atoms with Crippen LogP contribution in [-0.4, -0.2) is 43.8 Å². The Kier molecular flexibility index (Phi) is 10.4. The molecule has 0 aliphatic heterocycles. The summed E-state index contributed by atoms with van der Waals surface area (Å²) in [6.45, 7) is 6.73. The predicted molar refractivity (Wildman–Crippen MR) is 151 cm³/mol. The molecule has 0 radical (unpaired) electrons. The molecule has 0 fully saturated rings. The lowest BCUT2D eigenvalue weighted by molar-refractivity contribution is -0.140. The quantitative estimate of drug-likeness (QED) is 0.324. The maximum absolute atomic E-state index is 14.0. The number of nitrogens with zero attached hydrogens (tertiary/aromatic N) is 2. The fraction of sp³-hybridized carbons (Fsp3) is 0.333. The molecule has 214 valence electrons. The zero-order valence-corrected chi connectivity index (χ0v) is 23.9. The van der Waals surface area contributed by atoms with E-state index in [1.807, 2.05) is 20.8 Å². The molecule has 0 aliphatic carbocycles. The molecule has 0 saturated heterocycles. The highest BCUT2D eigenvalue weighted by Gasteiger charge is 2.34. The fourth-order valence-corrected chi connectivity index (χ4v) is 5.53. The van der Waals surface area contributed by atoms with Crippen molar-refractivity contribution in [2.45, 2.75) is 64.1 Å². The highest BCUT2D eigenvalue weighted by Crippen LogP contribution is 2.25. The van der Waals surface area contributed by atoms with E-state index < -0.39 is 40.2 Å². The second-order valence-corrected chi connectivity index (χ2v) is 11.6. The van der Waals surface area contributed by atoms with Crippen LogP contribution in [0.15, 0.2) is 77.7 Å². The van der Waals surface area contributed by atoms with E-state index in [-0.39, 0.29) is 35.5 Å². The van der Waals surface area contributed by atoms with Gasteiger partial charge in [-0.25, -0.2) is 17.2 Å². The molecule has 3 aromatic carbocycles. The Labute approximate surface area is 234 Å². The highest BCUT2D eigenvalue weighted by molar-refractivity contribution is 7.92. The van der Waals surface area contributed by atoms with Crippen LogP contribution in [0.5, 0.6) is 0 Å². The fourth-order valence-electron chi connectivity index (χ4n) is 4.12. The van der Waals surface area contributed by atoms with Crippen molar-refractivity contribution in [3.8, 4) is 0 Å². The molecule has 1 N–H and O–H groups in total. The number of sulfonamides is 1. The molecule has 0 heterocycles. The van der Waals surface area contributed by atoms with Gasteiger partial charge in [-0.2, -0.15) is 0 Å². The zero-order valence-electron chi connectivity index (χ0n) is 23.1. The van der Waals surface area contributed by atoms with E-state index in [0.29, 0.717) is 12.0 Å². The van der Waals surface area contributed by atoms with Gasteiger partial charge >= 0.3 is 0 Å². The molecule has 3 rings (SSSR count). The van der Waals surface area contributed by atoms with Crippen molar-refractivity contribution in [2.75, 3.05) is 10.8 Å². The van der Waals surface area contributed by atoms with Crippen LogP contribution < -0.4 is 9.62 Å². The standard InChI is InChI=1S/C30H35F2N3O4S/c1-5-22(4)33-30(37)28(6-2)34(19-23-9-11-24(31)12-10-23)29(36)20-35(26-15-7-21(3)8-16-26)40(38,39)27-17-13-25(32)14-18-27/h7-18,22,28H,5-6,19-20H2,1-4H3,(H,33,37)/t22-,28+/m1/s1. The Balaban J connectivity index is 2.04. The normalized spacial score (nSPS) is 12.8. The van der Waals surface area contributed by atoms with Crippen molar-refractivity contribution < 1.29 is 26.8 Å². The number of carbonyl (C=O) groups excluding carboxylic acids is 2. The molecule has 3 aromatic rings. The molecule has 0 unspecified atom stereocenters. The number of rotatable bonds is 12. The van der Waals surface area contributed by atoms with E-state index in [1.54, 1.807) is 31.2 Å². The van der Waals surface area contributed by atoms with E-state index >= 15 is 0 Å². The second-order valence-electron chi connectivity index (χ2n) is 9.69. The summed E-state index contributed by atoms with van der Waals surface area (Å²) >= 11 is 0. The number of carbonyl (C=O) groups is 2. The Morgan fingerprint density at radius 1 is 0.850 bits per heavy atom. The van der Waals surface area contributed by atoms with Crippen LogP contribution in [-0.2, 0) is 26.2 Å². The topological polar surface area (TPSA) is 86.8 Å². The summed E-state index contributed by atoms with van der Waals surface area (Å²) < 4.78 is 55.6. The van der Waals surface area contributed by atoms with Gasteiger partial charge in [0.15, 0.2) is 0 Å². The molecule has 7 nitrogen and oxygen atoms in total. The lowest BCUT2D eigenvalue weighted by Gasteiger charge is -2.33. The summed E-state index contributed by atoms with van der Waals surface area (Å²) in [5.41, 5.74) is 1.70. The van der Waals surface area contributed by atoms with E-state index in [2.05, 4.69) is 5.32 Å². The van der Waals surface area contributed by atoms with Crippen LogP contribution in [0.25, 0.3) is 0 Å². The first kappa shape index (κ1) is 30.7. The minimum atomic E-state index is -4.30.